The summed E-state index contributed by atoms with van der Waals surface area (Å²) < 4.78 is 0. The molecule has 0 spiro atoms. The van der Waals surface area contributed by atoms with Gasteiger partial charge in [0, 0.05) is 23.5 Å². The molecule has 0 aliphatic carbocycles. The van der Waals surface area contributed by atoms with Crippen LogP contribution in [0.25, 0.3) is 0 Å². The minimum atomic E-state index is -0.267. The maximum atomic E-state index is 12.9. The molecule has 1 aliphatic heterocycles. The fourth-order valence-electron chi connectivity index (χ4n) is 3.67. The minimum absolute atomic E-state index is 0.0206. The van der Waals surface area contributed by atoms with Gasteiger partial charge in [-0.05, 0) is 59.4 Å². The highest BCUT2D eigenvalue weighted by Crippen LogP contribution is 2.27. The van der Waals surface area contributed by atoms with Gasteiger partial charge in [0.2, 0.25) is 0 Å². The number of para-hydroxylation sites is 1. The Kier molecular flexibility index (Phi) is 5.51. The lowest BCUT2D eigenvalue weighted by atomic mass is 9.86. The zero-order valence-electron chi connectivity index (χ0n) is 18.1. The Labute approximate surface area is 182 Å². The van der Waals surface area contributed by atoms with Gasteiger partial charge in [-0.25, -0.2) is 0 Å². The molecule has 158 valence electrons. The van der Waals surface area contributed by atoms with Gasteiger partial charge < -0.3 is 16.0 Å². The first-order valence-corrected chi connectivity index (χ1v) is 10.5. The summed E-state index contributed by atoms with van der Waals surface area (Å²) in [6, 6.07) is 20.5. The lowest BCUT2D eigenvalue weighted by Gasteiger charge is -2.19. The van der Waals surface area contributed by atoms with Crippen LogP contribution in [0.5, 0.6) is 0 Å². The first-order chi connectivity index (χ1) is 14.8. The van der Waals surface area contributed by atoms with E-state index in [4.69, 9.17) is 0 Å². The molecule has 3 aromatic rings. The molecule has 5 heteroatoms. The van der Waals surface area contributed by atoms with Crippen LogP contribution in [-0.2, 0) is 11.8 Å². The molecule has 5 nitrogen and oxygen atoms in total. The highest BCUT2D eigenvalue weighted by atomic mass is 16.2. The van der Waals surface area contributed by atoms with Crippen LogP contribution in [0.2, 0.25) is 0 Å². The molecule has 0 aromatic heterocycles. The fraction of sp³-hybridized carbons (Fsp3) is 0.231. The maximum absolute atomic E-state index is 12.9. The normalized spacial score (nSPS) is 12.6. The summed E-state index contributed by atoms with van der Waals surface area (Å²) in [7, 11) is 0. The van der Waals surface area contributed by atoms with Crippen molar-refractivity contribution in [2.24, 2.45) is 0 Å². The Morgan fingerprint density at radius 3 is 2.35 bits per heavy atom. The number of carbonyl (C=O) groups is 2. The molecule has 0 atom stereocenters. The summed E-state index contributed by atoms with van der Waals surface area (Å²) in [5.41, 5.74) is 5.64. The molecule has 31 heavy (non-hydrogen) atoms. The Morgan fingerprint density at radius 2 is 1.61 bits per heavy atom. The Balaban J connectivity index is 1.50. The molecule has 3 aromatic carbocycles. The predicted molar refractivity (Wildman–Crippen MR) is 126 cm³/mol. The number of rotatable bonds is 4. The van der Waals surface area contributed by atoms with Crippen molar-refractivity contribution in [1.29, 1.82) is 0 Å². The van der Waals surface area contributed by atoms with Crippen molar-refractivity contribution in [2.75, 3.05) is 22.5 Å². The second-order valence-corrected chi connectivity index (χ2v) is 8.83. The van der Waals surface area contributed by atoms with Gasteiger partial charge >= 0.3 is 0 Å². The summed E-state index contributed by atoms with van der Waals surface area (Å²) in [6.45, 7) is 7.31. The van der Waals surface area contributed by atoms with Crippen molar-refractivity contribution in [2.45, 2.75) is 32.6 Å². The van der Waals surface area contributed by atoms with E-state index < -0.39 is 0 Å². The third kappa shape index (κ3) is 4.61. The average molecular weight is 414 g/mol. The smallest absolute Gasteiger partial charge is 0.257 e. The second-order valence-electron chi connectivity index (χ2n) is 8.83. The quantitative estimate of drug-likeness (QED) is 0.532. The molecule has 0 fully saturated rings. The fourth-order valence-corrected chi connectivity index (χ4v) is 3.67. The van der Waals surface area contributed by atoms with Crippen LogP contribution < -0.4 is 16.0 Å². The van der Waals surface area contributed by atoms with Gasteiger partial charge in [-0.2, -0.15) is 0 Å². The van der Waals surface area contributed by atoms with E-state index in [9.17, 15) is 9.59 Å². The first kappa shape index (κ1) is 20.7. The molecule has 0 radical (unpaired) electrons. The van der Waals surface area contributed by atoms with Crippen LogP contribution in [0.1, 0.15) is 52.6 Å². The SMILES string of the molecule is CC(C)(C)c1ccc(C(=O)Nc2ccccc2C(=O)Nc2ccc3c(c2)NCC3)cc1. The van der Waals surface area contributed by atoms with E-state index in [-0.39, 0.29) is 17.2 Å². The van der Waals surface area contributed by atoms with Crippen LogP contribution in [-0.4, -0.2) is 18.4 Å². The Morgan fingerprint density at radius 1 is 0.871 bits per heavy atom. The van der Waals surface area contributed by atoms with E-state index in [1.807, 2.05) is 42.5 Å². The monoisotopic (exact) mass is 413 g/mol. The van der Waals surface area contributed by atoms with Gasteiger partial charge in [0.15, 0.2) is 0 Å². The first-order valence-electron chi connectivity index (χ1n) is 10.5. The summed E-state index contributed by atoms with van der Waals surface area (Å²) in [5, 5.41) is 9.13. The molecular formula is C26H27N3O2. The number of hydrogen-bond donors (Lipinski definition) is 3. The number of carbonyl (C=O) groups excluding carboxylic acids is 2. The zero-order chi connectivity index (χ0) is 22.0. The van der Waals surface area contributed by atoms with E-state index in [1.54, 1.807) is 24.3 Å². The van der Waals surface area contributed by atoms with E-state index >= 15 is 0 Å². The lowest BCUT2D eigenvalue weighted by molar-refractivity contribution is 0.102. The average Bonchev–Trinajstić information content (AvgIpc) is 3.21. The van der Waals surface area contributed by atoms with Gasteiger partial charge in [0.05, 0.1) is 11.3 Å². The van der Waals surface area contributed by atoms with Gasteiger partial charge in [0.1, 0.15) is 0 Å². The number of nitrogens with one attached hydrogen (secondary N) is 3. The van der Waals surface area contributed by atoms with E-state index in [2.05, 4.69) is 36.7 Å². The number of benzene rings is 3. The molecule has 1 heterocycles. The van der Waals surface area contributed by atoms with Gasteiger partial charge in [-0.3, -0.25) is 9.59 Å². The van der Waals surface area contributed by atoms with E-state index in [0.717, 1.165) is 29.9 Å². The minimum Gasteiger partial charge on any atom is -0.384 e. The predicted octanol–water partition coefficient (Wildman–Crippen LogP) is 5.46. The second kappa shape index (κ2) is 8.26. The van der Waals surface area contributed by atoms with Crippen molar-refractivity contribution in [3.05, 3.63) is 89.0 Å². The summed E-state index contributed by atoms with van der Waals surface area (Å²) >= 11 is 0. The molecule has 0 unspecified atom stereocenters. The summed E-state index contributed by atoms with van der Waals surface area (Å²) in [4.78, 5) is 25.7. The number of hydrogen-bond acceptors (Lipinski definition) is 3. The van der Waals surface area contributed by atoms with Crippen LogP contribution >= 0.6 is 0 Å². The molecule has 0 saturated heterocycles. The van der Waals surface area contributed by atoms with Crippen molar-refractivity contribution in [3.8, 4) is 0 Å². The Hall–Kier alpha value is -3.60. The van der Waals surface area contributed by atoms with Crippen molar-refractivity contribution >= 4 is 28.9 Å². The van der Waals surface area contributed by atoms with Crippen LogP contribution in [0.3, 0.4) is 0 Å². The van der Waals surface area contributed by atoms with Gasteiger partial charge in [-0.1, -0.05) is 51.1 Å². The molecule has 1 aliphatic rings. The van der Waals surface area contributed by atoms with E-state index in [1.165, 1.54) is 5.56 Å². The van der Waals surface area contributed by atoms with Crippen LogP contribution in [0, 0.1) is 0 Å². The number of fused-ring (bicyclic) bond motifs is 1. The third-order valence-electron chi connectivity index (χ3n) is 5.51. The molecule has 4 rings (SSSR count). The standard InChI is InChI=1S/C26H27N3O2/c1-26(2,3)19-11-8-18(9-12-19)24(30)29-22-7-5-4-6-21(22)25(31)28-20-13-10-17-14-15-27-23(17)16-20/h4-13,16,27H,14-15H2,1-3H3,(H,28,31)(H,29,30). The highest BCUT2D eigenvalue weighted by molar-refractivity contribution is 6.12. The zero-order valence-corrected chi connectivity index (χ0v) is 18.1. The number of anilines is 3. The van der Waals surface area contributed by atoms with Gasteiger partial charge in [-0.15, -0.1) is 0 Å². The van der Waals surface area contributed by atoms with Gasteiger partial charge in [0.25, 0.3) is 11.8 Å². The summed E-state index contributed by atoms with van der Waals surface area (Å²) in [6.07, 6.45) is 0.995. The molecule has 2 amide bonds. The van der Waals surface area contributed by atoms with Crippen LogP contribution in [0.15, 0.2) is 66.7 Å². The van der Waals surface area contributed by atoms with Crippen LogP contribution in [0.4, 0.5) is 17.1 Å². The number of amides is 2. The maximum Gasteiger partial charge on any atom is 0.257 e. The largest absolute Gasteiger partial charge is 0.384 e. The highest BCUT2D eigenvalue weighted by Gasteiger charge is 2.17. The molecule has 3 N–H and O–H groups in total. The molecule has 0 saturated carbocycles. The molecule has 0 bridgehead atoms. The molecular weight excluding hydrogens is 386 g/mol. The van der Waals surface area contributed by atoms with Crippen molar-refractivity contribution < 1.29 is 9.59 Å². The van der Waals surface area contributed by atoms with E-state index in [0.29, 0.717) is 16.8 Å². The topological polar surface area (TPSA) is 70.2 Å². The third-order valence-corrected chi connectivity index (χ3v) is 5.51. The summed E-state index contributed by atoms with van der Waals surface area (Å²) in [5.74, 6) is -0.514. The Bertz CT molecular complexity index is 1130. The van der Waals surface area contributed by atoms with Crippen molar-refractivity contribution in [3.63, 3.8) is 0 Å². The van der Waals surface area contributed by atoms with Crippen molar-refractivity contribution in [1.82, 2.24) is 0 Å². The lowest BCUT2D eigenvalue weighted by Crippen LogP contribution is -2.18.